The predicted octanol–water partition coefficient (Wildman–Crippen LogP) is 2.82. The van der Waals surface area contributed by atoms with E-state index >= 15 is 0 Å². The highest BCUT2D eigenvalue weighted by Crippen LogP contribution is 2.20. The van der Waals surface area contributed by atoms with Gasteiger partial charge in [-0.2, -0.15) is 0 Å². The number of hydrogen-bond acceptors (Lipinski definition) is 2. The number of imidazole rings is 1. The Bertz CT molecular complexity index is 439. The van der Waals surface area contributed by atoms with E-state index in [0.717, 1.165) is 9.32 Å². The van der Waals surface area contributed by atoms with Gasteiger partial charge < -0.3 is 9.30 Å². The molecule has 1 aromatic carbocycles. The molecule has 0 spiro atoms. The molecule has 1 aromatic heterocycles. The fraction of sp³-hybridized carbons (Fsp3) is 0.100. The van der Waals surface area contributed by atoms with E-state index in [1.807, 2.05) is 42.1 Å². The highest BCUT2D eigenvalue weighted by molar-refractivity contribution is 14.1. The van der Waals surface area contributed by atoms with E-state index in [-0.39, 0.29) is 0 Å². The lowest BCUT2D eigenvalue weighted by Crippen LogP contribution is -1.93. The van der Waals surface area contributed by atoms with Crippen LogP contribution in [0.2, 0.25) is 0 Å². The molecule has 0 bridgehead atoms. The van der Waals surface area contributed by atoms with Gasteiger partial charge in [0.1, 0.15) is 5.75 Å². The van der Waals surface area contributed by atoms with Crippen LogP contribution in [-0.4, -0.2) is 9.55 Å². The minimum atomic E-state index is 0.604. The molecule has 0 N–H and O–H groups in total. The fourth-order valence-corrected chi connectivity index (χ4v) is 1.60. The molecule has 0 fully saturated rings. The van der Waals surface area contributed by atoms with Crippen LogP contribution in [0.3, 0.4) is 0 Å². The van der Waals surface area contributed by atoms with Gasteiger partial charge >= 0.3 is 6.01 Å². The van der Waals surface area contributed by atoms with Gasteiger partial charge in [-0.05, 0) is 40.8 Å². The number of benzene rings is 1. The molecule has 72 valence electrons. The summed E-state index contributed by atoms with van der Waals surface area (Å²) in [5, 5.41) is 0. The number of rotatable bonds is 2. The lowest BCUT2D eigenvalue weighted by atomic mass is 10.3. The molecule has 0 radical (unpaired) electrons. The highest BCUT2D eigenvalue weighted by atomic mass is 127. The molecule has 0 aliphatic carbocycles. The minimum Gasteiger partial charge on any atom is -0.425 e. The summed E-state index contributed by atoms with van der Waals surface area (Å²) in [6.07, 6.45) is 3.56. The Kier molecular flexibility index (Phi) is 2.72. The van der Waals surface area contributed by atoms with Crippen molar-refractivity contribution in [3.8, 4) is 11.8 Å². The molecule has 14 heavy (non-hydrogen) atoms. The zero-order valence-corrected chi connectivity index (χ0v) is 9.80. The van der Waals surface area contributed by atoms with Gasteiger partial charge in [-0.25, -0.2) is 4.98 Å². The summed E-state index contributed by atoms with van der Waals surface area (Å²) in [5.41, 5.74) is 0. The van der Waals surface area contributed by atoms with E-state index in [1.165, 1.54) is 0 Å². The van der Waals surface area contributed by atoms with Crippen molar-refractivity contribution in [2.24, 2.45) is 7.05 Å². The van der Waals surface area contributed by atoms with E-state index in [1.54, 1.807) is 6.20 Å². The number of aromatic nitrogens is 2. The van der Waals surface area contributed by atoms with Crippen molar-refractivity contribution in [1.82, 2.24) is 9.55 Å². The maximum atomic E-state index is 5.58. The summed E-state index contributed by atoms with van der Waals surface area (Å²) < 4.78 is 8.56. The highest BCUT2D eigenvalue weighted by Gasteiger charge is 2.01. The molecule has 1 heterocycles. The van der Waals surface area contributed by atoms with Crippen LogP contribution in [0.15, 0.2) is 36.7 Å². The third-order valence-electron chi connectivity index (χ3n) is 1.78. The van der Waals surface area contributed by atoms with Gasteiger partial charge in [0.15, 0.2) is 0 Å². The Morgan fingerprint density at radius 1 is 1.43 bits per heavy atom. The van der Waals surface area contributed by atoms with Crippen molar-refractivity contribution in [2.75, 3.05) is 0 Å². The summed E-state index contributed by atoms with van der Waals surface area (Å²) in [7, 11) is 1.90. The van der Waals surface area contributed by atoms with E-state index in [4.69, 9.17) is 4.74 Å². The molecule has 4 heteroatoms. The van der Waals surface area contributed by atoms with E-state index in [9.17, 15) is 0 Å². The van der Waals surface area contributed by atoms with E-state index < -0.39 is 0 Å². The second kappa shape index (κ2) is 4.00. The summed E-state index contributed by atoms with van der Waals surface area (Å²) in [5.74, 6) is 0.811. The van der Waals surface area contributed by atoms with Crippen molar-refractivity contribution < 1.29 is 4.74 Å². The molecular weight excluding hydrogens is 291 g/mol. The second-order valence-electron chi connectivity index (χ2n) is 2.88. The van der Waals surface area contributed by atoms with E-state index in [2.05, 4.69) is 27.6 Å². The van der Waals surface area contributed by atoms with Crippen LogP contribution in [0.1, 0.15) is 0 Å². The average molecular weight is 300 g/mol. The first kappa shape index (κ1) is 9.51. The molecular formula is C10H9IN2O. The molecule has 2 rings (SSSR count). The first-order chi connectivity index (χ1) is 6.75. The van der Waals surface area contributed by atoms with Gasteiger partial charge in [0.25, 0.3) is 0 Å². The number of halogens is 1. The first-order valence-electron chi connectivity index (χ1n) is 4.16. The third kappa shape index (κ3) is 2.06. The Hall–Kier alpha value is -1.04. The summed E-state index contributed by atoms with van der Waals surface area (Å²) in [6.45, 7) is 0. The number of ether oxygens (including phenoxy) is 1. The van der Waals surface area contributed by atoms with Crippen LogP contribution in [0.5, 0.6) is 11.8 Å². The average Bonchev–Trinajstić information content (AvgIpc) is 2.52. The van der Waals surface area contributed by atoms with Crippen LogP contribution in [0.4, 0.5) is 0 Å². The van der Waals surface area contributed by atoms with Crippen molar-refractivity contribution in [1.29, 1.82) is 0 Å². The molecule has 2 aromatic rings. The van der Waals surface area contributed by atoms with E-state index in [0.29, 0.717) is 6.01 Å². The molecule has 0 unspecified atom stereocenters. The van der Waals surface area contributed by atoms with Gasteiger partial charge in [0.2, 0.25) is 0 Å². The molecule has 0 amide bonds. The summed E-state index contributed by atoms with van der Waals surface area (Å²) >= 11 is 2.25. The van der Waals surface area contributed by atoms with Gasteiger partial charge in [-0.3, -0.25) is 0 Å². The third-order valence-corrected chi connectivity index (χ3v) is 2.45. The lowest BCUT2D eigenvalue weighted by molar-refractivity contribution is 0.424. The second-order valence-corrected chi connectivity index (χ2v) is 4.13. The largest absolute Gasteiger partial charge is 0.425 e. The van der Waals surface area contributed by atoms with Gasteiger partial charge in [-0.15, -0.1) is 0 Å². The minimum absolute atomic E-state index is 0.604. The van der Waals surface area contributed by atoms with Gasteiger partial charge in [0, 0.05) is 23.0 Å². The van der Waals surface area contributed by atoms with Crippen molar-refractivity contribution >= 4 is 22.6 Å². The SMILES string of the molecule is Cn1ccnc1Oc1cccc(I)c1. The zero-order chi connectivity index (χ0) is 9.97. The van der Waals surface area contributed by atoms with Crippen molar-refractivity contribution in [3.05, 3.63) is 40.2 Å². The zero-order valence-electron chi connectivity index (χ0n) is 7.64. The Balaban J connectivity index is 2.23. The molecule has 0 aliphatic rings. The fourth-order valence-electron chi connectivity index (χ4n) is 1.09. The van der Waals surface area contributed by atoms with Crippen LogP contribution in [-0.2, 0) is 7.05 Å². The maximum absolute atomic E-state index is 5.58. The Morgan fingerprint density at radius 3 is 2.93 bits per heavy atom. The summed E-state index contributed by atoms with van der Waals surface area (Å²) in [4.78, 5) is 4.08. The normalized spacial score (nSPS) is 10.1. The first-order valence-corrected chi connectivity index (χ1v) is 5.24. The summed E-state index contributed by atoms with van der Waals surface area (Å²) in [6, 6.07) is 8.46. The molecule has 0 aliphatic heterocycles. The maximum Gasteiger partial charge on any atom is 0.301 e. The molecule has 0 atom stereocenters. The van der Waals surface area contributed by atoms with Crippen LogP contribution in [0, 0.1) is 3.57 Å². The number of hydrogen-bond donors (Lipinski definition) is 0. The lowest BCUT2D eigenvalue weighted by Gasteiger charge is -2.04. The molecule has 0 saturated heterocycles. The van der Waals surface area contributed by atoms with Gasteiger partial charge in [0.05, 0.1) is 0 Å². The standard InChI is InChI=1S/C10H9IN2O/c1-13-6-5-12-10(13)14-9-4-2-3-8(11)7-9/h2-7H,1H3. The number of nitrogens with zero attached hydrogens (tertiary/aromatic N) is 2. The smallest absolute Gasteiger partial charge is 0.301 e. The van der Waals surface area contributed by atoms with Crippen LogP contribution < -0.4 is 4.74 Å². The number of aryl methyl sites for hydroxylation is 1. The predicted molar refractivity (Wildman–Crippen MR) is 62.4 cm³/mol. The van der Waals surface area contributed by atoms with Crippen LogP contribution in [0.25, 0.3) is 0 Å². The molecule has 3 nitrogen and oxygen atoms in total. The molecule has 0 saturated carbocycles. The topological polar surface area (TPSA) is 27.1 Å². The van der Waals surface area contributed by atoms with Crippen molar-refractivity contribution in [2.45, 2.75) is 0 Å². The Labute approximate surface area is 95.9 Å². The quantitative estimate of drug-likeness (QED) is 0.798. The van der Waals surface area contributed by atoms with Crippen LogP contribution >= 0.6 is 22.6 Å². The monoisotopic (exact) mass is 300 g/mol. The van der Waals surface area contributed by atoms with Crippen molar-refractivity contribution in [3.63, 3.8) is 0 Å². The Morgan fingerprint density at radius 2 is 2.29 bits per heavy atom. The van der Waals surface area contributed by atoms with Gasteiger partial charge in [-0.1, -0.05) is 6.07 Å².